The lowest BCUT2D eigenvalue weighted by molar-refractivity contribution is 0.355. The molecular weight excluding hydrogens is 332 g/mol. The monoisotopic (exact) mass is 350 g/mol. The molecule has 0 N–H and O–H groups in total. The van der Waals surface area contributed by atoms with Crippen molar-refractivity contribution in [2.75, 3.05) is 14.2 Å². The maximum absolute atomic E-state index is 5.33. The van der Waals surface area contributed by atoms with Crippen LogP contribution in [0.25, 0.3) is 10.4 Å². The molecule has 25 heavy (non-hydrogen) atoms. The molecule has 0 amide bonds. The van der Waals surface area contributed by atoms with Crippen LogP contribution >= 0.6 is 11.3 Å². The number of hydrogen-bond acceptors (Lipinski definition) is 5. The number of aryl methyl sites for hydroxylation is 2. The van der Waals surface area contributed by atoms with Crippen molar-refractivity contribution in [1.82, 2.24) is 4.98 Å². The van der Waals surface area contributed by atoms with Crippen molar-refractivity contribution >= 4 is 22.7 Å². The predicted molar refractivity (Wildman–Crippen MR) is 102 cm³/mol. The number of hydrogen-bond donors (Lipinski definition) is 0. The van der Waals surface area contributed by atoms with E-state index in [1.165, 1.54) is 16.0 Å². The molecule has 0 spiro atoms. The van der Waals surface area contributed by atoms with Gasteiger partial charge in [-0.15, -0.1) is 0 Å². The van der Waals surface area contributed by atoms with Crippen molar-refractivity contribution < 1.29 is 9.47 Å². The lowest BCUT2D eigenvalue weighted by Crippen LogP contribution is -2.01. The highest BCUT2D eigenvalue weighted by Gasteiger charge is 2.20. The van der Waals surface area contributed by atoms with E-state index in [4.69, 9.17) is 14.5 Å². The van der Waals surface area contributed by atoms with E-state index in [-0.39, 0.29) is 0 Å². The number of benzene rings is 2. The summed E-state index contributed by atoms with van der Waals surface area (Å²) in [7, 11) is 3.26. The van der Waals surface area contributed by atoms with Crippen LogP contribution in [0.15, 0.2) is 47.5 Å². The average molecular weight is 350 g/mol. The van der Waals surface area contributed by atoms with E-state index < -0.39 is 0 Å². The number of methoxy groups -OCH3 is 2. The van der Waals surface area contributed by atoms with Gasteiger partial charge in [0.15, 0.2) is 11.5 Å². The van der Waals surface area contributed by atoms with Crippen LogP contribution < -0.4 is 9.47 Å². The molecule has 0 fully saturated rings. The predicted octanol–water partition coefficient (Wildman–Crippen LogP) is 4.68. The molecule has 0 unspecified atom stereocenters. The van der Waals surface area contributed by atoms with Gasteiger partial charge in [-0.05, 0) is 47.7 Å². The molecule has 5 heteroatoms. The van der Waals surface area contributed by atoms with E-state index in [1.54, 1.807) is 25.6 Å². The van der Waals surface area contributed by atoms with Crippen molar-refractivity contribution in [2.45, 2.75) is 12.8 Å². The molecule has 1 aromatic heterocycles. The summed E-state index contributed by atoms with van der Waals surface area (Å²) in [5, 5.41) is 0.788. The molecule has 0 bridgehead atoms. The van der Waals surface area contributed by atoms with Gasteiger partial charge in [-0.25, -0.2) is 9.98 Å². The van der Waals surface area contributed by atoms with Crippen molar-refractivity contribution in [2.24, 2.45) is 4.99 Å². The summed E-state index contributed by atoms with van der Waals surface area (Å²) in [6, 6.07) is 14.3. The van der Waals surface area contributed by atoms with Crippen molar-refractivity contribution in [3.63, 3.8) is 0 Å². The molecule has 1 aliphatic rings. The van der Waals surface area contributed by atoms with Crippen LogP contribution in [0.2, 0.25) is 0 Å². The molecule has 0 saturated carbocycles. The van der Waals surface area contributed by atoms with Gasteiger partial charge in [-0.3, -0.25) is 0 Å². The fourth-order valence-electron chi connectivity index (χ4n) is 3.05. The Hall–Kier alpha value is -2.66. The molecule has 4 rings (SSSR count). The summed E-state index contributed by atoms with van der Waals surface area (Å²) in [5.74, 6) is 1.40. The first-order valence-corrected chi connectivity index (χ1v) is 8.94. The zero-order valence-electron chi connectivity index (χ0n) is 14.2. The first kappa shape index (κ1) is 15.8. The summed E-state index contributed by atoms with van der Waals surface area (Å²) in [6.45, 7) is 0. The molecule has 0 atom stereocenters. The fourth-order valence-corrected chi connectivity index (χ4v) is 4.07. The van der Waals surface area contributed by atoms with E-state index >= 15 is 0 Å². The molecule has 0 saturated heterocycles. The lowest BCUT2D eigenvalue weighted by Gasteiger charge is -2.13. The van der Waals surface area contributed by atoms with Gasteiger partial charge in [0.1, 0.15) is 0 Å². The zero-order chi connectivity index (χ0) is 17.2. The third-order valence-electron chi connectivity index (χ3n) is 4.31. The van der Waals surface area contributed by atoms with Crippen LogP contribution in [-0.2, 0) is 12.8 Å². The second kappa shape index (κ2) is 6.69. The highest BCUT2D eigenvalue weighted by atomic mass is 32.1. The van der Waals surface area contributed by atoms with E-state index in [2.05, 4.69) is 29.3 Å². The van der Waals surface area contributed by atoms with Crippen molar-refractivity contribution in [3.05, 3.63) is 59.3 Å². The Morgan fingerprint density at radius 1 is 1.04 bits per heavy atom. The highest BCUT2D eigenvalue weighted by Crippen LogP contribution is 2.40. The lowest BCUT2D eigenvalue weighted by atomic mass is 9.94. The second-order valence-electron chi connectivity index (χ2n) is 5.80. The third kappa shape index (κ3) is 3.03. The second-order valence-corrected chi connectivity index (χ2v) is 6.78. The molecule has 1 aliphatic carbocycles. The molecule has 126 valence electrons. The van der Waals surface area contributed by atoms with Crippen LogP contribution in [0.4, 0.5) is 5.13 Å². The minimum absolute atomic E-state index is 0.693. The number of thiazole rings is 1. The van der Waals surface area contributed by atoms with Gasteiger partial charge in [0, 0.05) is 6.21 Å². The Morgan fingerprint density at radius 3 is 2.72 bits per heavy atom. The zero-order valence-corrected chi connectivity index (χ0v) is 15.0. The van der Waals surface area contributed by atoms with Gasteiger partial charge >= 0.3 is 0 Å². The summed E-state index contributed by atoms with van der Waals surface area (Å²) in [4.78, 5) is 10.5. The number of aromatic nitrogens is 1. The third-order valence-corrected chi connectivity index (χ3v) is 5.35. The van der Waals surface area contributed by atoms with E-state index in [0.717, 1.165) is 29.2 Å². The largest absolute Gasteiger partial charge is 0.493 e. The van der Waals surface area contributed by atoms with Crippen LogP contribution in [0, 0.1) is 0 Å². The Labute approximate surface area is 150 Å². The minimum atomic E-state index is 0.693. The van der Waals surface area contributed by atoms with Gasteiger partial charge in [0.25, 0.3) is 0 Å². The molecule has 0 radical (unpaired) electrons. The van der Waals surface area contributed by atoms with Gasteiger partial charge in [0.05, 0.1) is 24.8 Å². The summed E-state index contributed by atoms with van der Waals surface area (Å²) >= 11 is 1.65. The topological polar surface area (TPSA) is 43.7 Å². The van der Waals surface area contributed by atoms with Crippen molar-refractivity contribution in [3.8, 4) is 21.9 Å². The summed E-state index contributed by atoms with van der Waals surface area (Å²) < 4.78 is 10.6. The maximum atomic E-state index is 5.33. The standard InChI is InChI=1S/C20H18N2O2S/c1-23-17-10-7-13(11-18(17)24-2)12-21-20-22-16-9-8-14-5-3-4-6-15(14)19(16)25-20/h3-7,10-12H,8-9H2,1-2H3. The number of fused-ring (bicyclic) bond motifs is 3. The molecule has 3 aromatic rings. The maximum Gasteiger partial charge on any atom is 0.209 e. The van der Waals surface area contributed by atoms with E-state index in [0.29, 0.717) is 11.5 Å². The van der Waals surface area contributed by atoms with Gasteiger partial charge in [0.2, 0.25) is 5.13 Å². The molecular formula is C20H18N2O2S. The Balaban J connectivity index is 1.63. The fraction of sp³-hybridized carbons (Fsp3) is 0.200. The van der Waals surface area contributed by atoms with Crippen LogP contribution in [-0.4, -0.2) is 25.4 Å². The number of ether oxygens (including phenoxy) is 2. The summed E-state index contributed by atoms with van der Waals surface area (Å²) in [6.07, 6.45) is 3.85. The van der Waals surface area contributed by atoms with E-state index in [1.807, 2.05) is 24.4 Å². The average Bonchev–Trinajstić information content (AvgIpc) is 3.09. The molecule has 0 aliphatic heterocycles. The smallest absolute Gasteiger partial charge is 0.209 e. The van der Waals surface area contributed by atoms with E-state index in [9.17, 15) is 0 Å². The van der Waals surface area contributed by atoms with Gasteiger partial charge in [-0.2, -0.15) is 0 Å². The number of aliphatic imine (C=N–C) groups is 1. The first-order valence-electron chi connectivity index (χ1n) is 8.12. The minimum Gasteiger partial charge on any atom is -0.493 e. The first-order chi connectivity index (χ1) is 12.3. The van der Waals surface area contributed by atoms with Crippen LogP contribution in [0.3, 0.4) is 0 Å². The Kier molecular flexibility index (Phi) is 4.24. The highest BCUT2D eigenvalue weighted by molar-refractivity contribution is 7.18. The number of nitrogens with zero attached hydrogens (tertiary/aromatic N) is 2. The van der Waals surface area contributed by atoms with Gasteiger partial charge in [-0.1, -0.05) is 35.6 Å². The Morgan fingerprint density at radius 2 is 1.88 bits per heavy atom. The SMILES string of the molecule is COc1ccc(C=Nc2nc3c(s2)-c2ccccc2CC3)cc1OC. The molecule has 4 nitrogen and oxygen atoms in total. The van der Waals surface area contributed by atoms with Crippen LogP contribution in [0.5, 0.6) is 11.5 Å². The quantitative estimate of drug-likeness (QED) is 0.642. The Bertz CT molecular complexity index is 947. The molecule has 1 heterocycles. The summed E-state index contributed by atoms with van der Waals surface area (Å²) in [5.41, 5.74) is 4.80. The van der Waals surface area contributed by atoms with Crippen molar-refractivity contribution in [1.29, 1.82) is 0 Å². The van der Waals surface area contributed by atoms with Gasteiger partial charge < -0.3 is 9.47 Å². The normalized spacial score (nSPS) is 12.7. The number of rotatable bonds is 4. The van der Waals surface area contributed by atoms with Crippen LogP contribution in [0.1, 0.15) is 16.8 Å². The molecule has 2 aromatic carbocycles.